The largest absolute Gasteiger partial charge is 0.504 e. The second-order valence-electron chi connectivity index (χ2n) is 4.94. The first-order chi connectivity index (χ1) is 8.50. The molecule has 1 unspecified atom stereocenters. The fourth-order valence-corrected chi connectivity index (χ4v) is 1.72. The van der Waals surface area contributed by atoms with Gasteiger partial charge in [0.2, 0.25) is 5.75 Å². The number of fused-ring (bicyclic) bond motifs is 1. The summed E-state index contributed by atoms with van der Waals surface area (Å²) in [6, 6.07) is 5.18. The molecule has 0 bridgehead atoms. The second-order valence-corrected chi connectivity index (χ2v) is 4.94. The zero-order chi connectivity index (χ0) is 13.2. The highest BCUT2D eigenvalue weighted by molar-refractivity contribution is 8.93. The van der Waals surface area contributed by atoms with E-state index in [4.69, 9.17) is 9.47 Å². The van der Waals surface area contributed by atoms with Gasteiger partial charge in [0.25, 0.3) is 0 Å². The third-order valence-corrected chi connectivity index (χ3v) is 2.78. The van der Waals surface area contributed by atoms with Crippen molar-refractivity contribution in [3.8, 4) is 17.2 Å². The molecule has 0 fully saturated rings. The van der Waals surface area contributed by atoms with E-state index in [1.54, 1.807) is 12.1 Å². The number of ether oxygens (including phenoxy) is 2. The first-order valence-electron chi connectivity index (χ1n) is 6.03. The standard InChI is InChI=1S/C13H19NO4.BrH/c1-9(2)14-6-13(16)7-17-11-5-3-4-10(15)12(11)18-8-13;/h3-5,9,14-16H,6-8H2,1-2H3;1H. The highest BCUT2D eigenvalue weighted by Crippen LogP contribution is 2.38. The molecule has 19 heavy (non-hydrogen) atoms. The average Bonchev–Trinajstić information content (AvgIpc) is 2.49. The van der Waals surface area contributed by atoms with Gasteiger partial charge in [-0.3, -0.25) is 0 Å². The van der Waals surface area contributed by atoms with Crippen LogP contribution in [0.25, 0.3) is 0 Å². The van der Waals surface area contributed by atoms with Crippen molar-refractivity contribution in [2.75, 3.05) is 19.8 Å². The van der Waals surface area contributed by atoms with Gasteiger partial charge in [-0.1, -0.05) is 19.9 Å². The lowest BCUT2D eigenvalue weighted by molar-refractivity contribution is -0.0279. The van der Waals surface area contributed by atoms with Crippen LogP contribution in [0.1, 0.15) is 13.8 Å². The molecule has 0 amide bonds. The van der Waals surface area contributed by atoms with Gasteiger partial charge >= 0.3 is 0 Å². The molecule has 1 heterocycles. The molecule has 0 aromatic heterocycles. The molecule has 108 valence electrons. The Bertz CT molecular complexity index is 427. The lowest BCUT2D eigenvalue weighted by atomic mass is 10.1. The van der Waals surface area contributed by atoms with Crippen LogP contribution in [0.15, 0.2) is 18.2 Å². The quantitative estimate of drug-likeness (QED) is 0.781. The minimum atomic E-state index is -1.10. The van der Waals surface area contributed by atoms with E-state index in [-0.39, 0.29) is 47.7 Å². The topological polar surface area (TPSA) is 71.0 Å². The van der Waals surface area contributed by atoms with Crippen LogP contribution in [-0.2, 0) is 0 Å². The van der Waals surface area contributed by atoms with Gasteiger partial charge in [0.15, 0.2) is 11.5 Å². The molecule has 1 aliphatic heterocycles. The number of nitrogens with one attached hydrogen (secondary N) is 1. The Morgan fingerprint density at radius 3 is 2.68 bits per heavy atom. The molecule has 0 radical (unpaired) electrons. The predicted molar refractivity (Wildman–Crippen MR) is 77.5 cm³/mol. The number of halogens is 1. The van der Waals surface area contributed by atoms with Gasteiger partial charge in [-0.2, -0.15) is 0 Å². The van der Waals surface area contributed by atoms with Gasteiger partial charge in [-0.25, -0.2) is 0 Å². The summed E-state index contributed by atoms with van der Waals surface area (Å²) in [5.74, 6) is 0.766. The molecular formula is C13H20BrNO4. The molecule has 1 aromatic carbocycles. The van der Waals surface area contributed by atoms with Gasteiger partial charge in [0.1, 0.15) is 18.8 Å². The summed E-state index contributed by atoms with van der Waals surface area (Å²) in [6.45, 7) is 4.59. The van der Waals surface area contributed by atoms with E-state index in [1.807, 2.05) is 13.8 Å². The minimum absolute atomic E-state index is 0. The molecular weight excluding hydrogens is 314 g/mol. The fraction of sp³-hybridized carbons (Fsp3) is 0.538. The second kappa shape index (κ2) is 6.45. The number of rotatable bonds is 3. The third-order valence-electron chi connectivity index (χ3n) is 2.78. The molecule has 6 heteroatoms. The van der Waals surface area contributed by atoms with Crippen LogP contribution in [-0.4, -0.2) is 41.6 Å². The number of para-hydroxylation sites is 1. The van der Waals surface area contributed by atoms with E-state index in [1.165, 1.54) is 6.07 Å². The highest BCUT2D eigenvalue weighted by atomic mass is 79.9. The number of benzene rings is 1. The highest BCUT2D eigenvalue weighted by Gasteiger charge is 2.33. The molecule has 2 rings (SSSR count). The average molecular weight is 334 g/mol. The predicted octanol–water partition coefficient (Wildman–Crippen LogP) is 1.47. The van der Waals surface area contributed by atoms with Crippen molar-refractivity contribution in [2.45, 2.75) is 25.5 Å². The smallest absolute Gasteiger partial charge is 0.203 e. The zero-order valence-electron chi connectivity index (χ0n) is 11.0. The molecule has 1 atom stereocenters. The summed E-state index contributed by atoms with van der Waals surface area (Å²) in [5.41, 5.74) is -1.10. The van der Waals surface area contributed by atoms with Crippen molar-refractivity contribution in [3.05, 3.63) is 18.2 Å². The molecule has 5 nitrogen and oxygen atoms in total. The van der Waals surface area contributed by atoms with Crippen molar-refractivity contribution >= 4 is 17.0 Å². The van der Waals surface area contributed by atoms with Gasteiger partial charge < -0.3 is 25.0 Å². The maximum atomic E-state index is 10.4. The van der Waals surface area contributed by atoms with Crippen molar-refractivity contribution in [3.63, 3.8) is 0 Å². The van der Waals surface area contributed by atoms with Crippen LogP contribution in [0, 0.1) is 0 Å². The molecule has 1 aromatic rings. The molecule has 0 aliphatic carbocycles. The third kappa shape index (κ3) is 3.99. The lowest BCUT2D eigenvalue weighted by Gasteiger charge is -2.26. The van der Waals surface area contributed by atoms with E-state index < -0.39 is 5.60 Å². The summed E-state index contributed by atoms with van der Waals surface area (Å²) >= 11 is 0. The number of hydrogen-bond donors (Lipinski definition) is 3. The summed E-state index contributed by atoms with van der Waals surface area (Å²) in [5, 5.41) is 23.2. The number of aliphatic hydroxyl groups is 1. The Balaban J connectivity index is 0.00000180. The summed E-state index contributed by atoms with van der Waals surface area (Å²) in [6.07, 6.45) is 0. The van der Waals surface area contributed by atoms with E-state index >= 15 is 0 Å². The van der Waals surface area contributed by atoms with Gasteiger partial charge in [0.05, 0.1) is 0 Å². The molecule has 0 spiro atoms. The van der Waals surface area contributed by atoms with Crippen molar-refractivity contribution in [1.29, 1.82) is 0 Å². The molecule has 1 aliphatic rings. The van der Waals surface area contributed by atoms with E-state index in [0.29, 0.717) is 12.3 Å². The fourth-order valence-electron chi connectivity index (χ4n) is 1.72. The van der Waals surface area contributed by atoms with Crippen molar-refractivity contribution in [1.82, 2.24) is 5.32 Å². The van der Waals surface area contributed by atoms with E-state index in [0.717, 1.165) is 0 Å². The molecule has 3 N–H and O–H groups in total. The Labute approximate surface area is 123 Å². The first kappa shape index (κ1) is 16.1. The lowest BCUT2D eigenvalue weighted by Crippen LogP contribution is -2.50. The van der Waals surface area contributed by atoms with Crippen LogP contribution < -0.4 is 14.8 Å². The number of aromatic hydroxyl groups is 1. The molecule has 0 saturated heterocycles. The SMILES string of the molecule is Br.CC(C)NCC1(O)COc2cccc(O)c2OC1. The van der Waals surface area contributed by atoms with Crippen LogP contribution in [0.2, 0.25) is 0 Å². The Morgan fingerprint density at radius 1 is 1.32 bits per heavy atom. The van der Waals surface area contributed by atoms with Gasteiger partial charge in [0, 0.05) is 12.6 Å². The number of phenols is 1. The monoisotopic (exact) mass is 333 g/mol. The maximum absolute atomic E-state index is 10.4. The Hall–Kier alpha value is -0.980. The zero-order valence-corrected chi connectivity index (χ0v) is 12.8. The normalized spacial score (nSPS) is 21.7. The summed E-state index contributed by atoms with van der Waals surface area (Å²) < 4.78 is 11.0. The van der Waals surface area contributed by atoms with Crippen molar-refractivity contribution < 1.29 is 19.7 Å². The molecule has 0 saturated carbocycles. The Morgan fingerprint density at radius 2 is 2.00 bits per heavy atom. The maximum Gasteiger partial charge on any atom is 0.203 e. The van der Waals surface area contributed by atoms with Crippen LogP contribution >= 0.6 is 17.0 Å². The van der Waals surface area contributed by atoms with Crippen molar-refractivity contribution in [2.24, 2.45) is 0 Å². The van der Waals surface area contributed by atoms with Crippen LogP contribution in [0.3, 0.4) is 0 Å². The van der Waals surface area contributed by atoms with Gasteiger partial charge in [-0.05, 0) is 12.1 Å². The summed E-state index contributed by atoms with van der Waals surface area (Å²) in [7, 11) is 0. The van der Waals surface area contributed by atoms with Crippen LogP contribution in [0.5, 0.6) is 17.2 Å². The van der Waals surface area contributed by atoms with Crippen LogP contribution in [0.4, 0.5) is 0 Å². The summed E-state index contributed by atoms with van der Waals surface area (Å²) in [4.78, 5) is 0. The van der Waals surface area contributed by atoms with E-state index in [2.05, 4.69) is 5.32 Å². The number of hydrogen-bond acceptors (Lipinski definition) is 5. The van der Waals surface area contributed by atoms with E-state index in [9.17, 15) is 10.2 Å². The van der Waals surface area contributed by atoms with Gasteiger partial charge in [-0.15, -0.1) is 17.0 Å². The number of phenolic OH excluding ortho intramolecular Hbond substituents is 1. The Kier molecular flexibility index (Phi) is 5.46. The minimum Gasteiger partial charge on any atom is -0.504 e. The first-order valence-corrected chi connectivity index (χ1v) is 6.03.